The number of ether oxygens (including phenoxy) is 1. The Hall–Kier alpha value is -2.90. The van der Waals surface area contributed by atoms with Crippen molar-refractivity contribution in [3.63, 3.8) is 0 Å². The minimum atomic E-state index is -1.82. The van der Waals surface area contributed by atoms with Crippen molar-refractivity contribution in [1.29, 1.82) is 0 Å². The maximum absolute atomic E-state index is 9.21. The predicted molar refractivity (Wildman–Crippen MR) is 95.9 cm³/mol. The molecule has 0 aliphatic carbocycles. The van der Waals surface area contributed by atoms with Gasteiger partial charge in [0, 0.05) is 19.6 Å². The molecule has 140 valence electrons. The Morgan fingerprint density at radius 1 is 0.885 bits per heavy atom. The Bertz CT molecular complexity index is 660. The number of hydrogen-bond donors (Lipinski definition) is 3. The average molecular weight is 361 g/mol. The van der Waals surface area contributed by atoms with Gasteiger partial charge in [-0.3, -0.25) is 4.90 Å². The third kappa shape index (κ3) is 8.27. The van der Waals surface area contributed by atoms with E-state index < -0.39 is 11.9 Å². The van der Waals surface area contributed by atoms with Crippen LogP contribution >= 0.6 is 0 Å². The summed E-state index contributed by atoms with van der Waals surface area (Å²) >= 11 is 0. The van der Waals surface area contributed by atoms with Gasteiger partial charge in [0.2, 0.25) is 0 Å². The number of rotatable bonds is 7. The Balaban J connectivity index is 0.000000487. The Morgan fingerprint density at radius 2 is 1.38 bits per heavy atom. The maximum atomic E-state index is 9.21. The van der Waals surface area contributed by atoms with Crippen LogP contribution in [0.3, 0.4) is 0 Å². The zero-order valence-electron chi connectivity index (χ0n) is 14.5. The van der Waals surface area contributed by atoms with Crippen LogP contribution in [0.4, 0.5) is 0 Å². The number of aliphatic carboxylic acids is 2. The number of benzene rings is 2. The fraction of sp³-hybridized carbons (Fsp3) is 0.263. The Morgan fingerprint density at radius 3 is 1.81 bits per heavy atom. The van der Waals surface area contributed by atoms with Crippen LogP contribution in [-0.4, -0.2) is 52.4 Å². The third-order valence-corrected chi connectivity index (χ3v) is 3.41. The van der Waals surface area contributed by atoms with Gasteiger partial charge in [0.1, 0.15) is 5.75 Å². The molecule has 0 aliphatic rings. The minimum Gasteiger partial charge on any atom is -0.497 e. The molecule has 0 bridgehead atoms. The van der Waals surface area contributed by atoms with Crippen LogP contribution in [0.1, 0.15) is 11.1 Å². The van der Waals surface area contributed by atoms with Crippen LogP contribution in [0.2, 0.25) is 0 Å². The summed E-state index contributed by atoms with van der Waals surface area (Å²) < 4.78 is 5.16. The lowest BCUT2D eigenvalue weighted by molar-refractivity contribution is -0.159. The fourth-order valence-electron chi connectivity index (χ4n) is 2.19. The smallest absolute Gasteiger partial charge is 0.414 e. The molecule has 0 aliphatic heterocycles. The summed E-state index contributed by atoms with van der Waals surface area (Å²) in [7, 11) is 1.67. The number of aliphatic hydroxyl groups excluding tert-OH is 1. The summed E-state index contributed by atoms with van der Waals surface area (Å²) in [4.78, 5) is 20.4. The second kappa shape index (κ2) is 11.6. The first kappa shape index (κ1) is 21.1. The topological polar surface area (TPSA) is 107 Å². The molecule has 0 heterocycles. The van der Waals surface area contributed by atoms with E-state index in [1.807, 2.05) is 30.3 Å². The van der Waals surface area contributed by atoms with Gasteiger partial charge in [-0.25, -0.2) is 9.59 Å². The van der Waals surface area contributed by atoms with Crippen LogP contribution < -0.4 is 4.74 Å². The number of hydrogen-bond acceptors (Lipinski definition) is 5. The number of nitrogens with zero attached hydrogens (tertiary/aromatic N) is 1. The van der Waals surface area contributed by atoms with Crippen molar-refractivity contribution < 1.29 is 29.6 Å². The number of carboxylic acids is 2. The molecule has 2 rings (SSSR count). The second-order valence-corrected chi connectivity index (χ2v) is 5.38. The van der Waals surface area contributed by atoms with Gasteiger partial charge in [0.15, 0.2) is 0 Å². The van der Waals surface area contributed by atoms with E-state index in [2.05, 4.69) is 29.2 Å². The van der Waals surface area contributed by atoms with E-state index in [1.165, 1.54) is 11.1 Å². The standard InChI is InChI=1S/C17H21NO2.C2H2O4/c1-20-17-9-7-16(8-10-17)14-18(11-12-19)13-15-5-3-2-4-6-15;3-1(4)2(5)6/h2-10,19H,11-14H2,1H3;(H,3,4)(H,5,6). The maximum Gasteiger partial charge on any atom is 0.414 e. The Labute approximate surface area is 152 Å². The van der Waals surface area contributed by atoms with Crippen molar-refractivity contribution >= 4 is 11.9 Å². The van der Waals surface area contributed by atoms with Crippen molar-refractivity contribution in [1.82, 2.24) is 4.90 Å². The molecule has 26 heavy (non-hydrogen) atoms. The van der Waals surface area contributed by atoms with Crippen molar-refractivity contribution in [2.24, 2.45) is 0 Å². The minimum absolute atomic E-state index is 0.170. The highest BCUT2D eigenvalue weighted by molar-refractivity contribution is 6.27. The van der Waals surface area contributed by atoms with Gasteiger partial charge in [0.05, 0.1) is 13.7 Å². The molecule has 0 atom stereocenters. The van der Waals surface area contributed by atoms with E-state index in [0.717, 1.165) is 18.8 Å². The average Bonchev–Trinajstić information content (AvgIpc) is 2.64. The van der Waals surface area contributed by atoms with Crippen LogP contribution in [0.15, 0.2) is 54.6 Å². The quantitative estimate of drug-likeness (QED) is 0.646. The van der Waals surface area contributed by atoms with E-state index in [-0.39, 0.29) is 6.61 Å². The van der Waals surface area contributed by atoms with E-state index in [1.54, 1.807) is 7.11 Å². The van der Waals surface area contributed by atoms with Crippen LogP contribution in [-0.2, 0) is 22.7 Å². The number of methoxy groups -OCH3 is 1. The molecule has 7 nitrogen and oxygen atoms in total. The zero-order valence-corrected chi connectivity index (χ0v) is 14.5. The molecule has 3 N–H and O–H groups in total. The van der Waals surface area contributed by atoms with Gasteiger partial charge in [-0.2, -0.15) is 0 Å². The summed E-state index contributed by atoms with van der Waals surface area (Å²) in [5.41, 5.74) is 2.48. The molecule has 2 aromatic carbocycles. The SMILES string of the molecule is COc1ccc(CN(CCO)Cc2ccccc2)cc1.O=C(O)C(=O)O. The molecule has 0 unspecified atom stereocenters. The molecule has 0 radical (unpaired) electrons. The monoisotopic (exact) mass is 361 g/mol. The van der Waals surface area contributed by atoms with Crippen LogP contribution in [0.5, 0.6) is 5.75 Å². The first-order chi connectivity index (χ1) is 12.5. The van der Waals surface area contributed by atoms with Gasteiger partial charge in [-0.15, -0.1) is 0 Å². The second-order valence-electron chi connectivity index (χ2n) is 5.38. The Kier molecular flexibility index (Phi) is 9.45. The molecule has 0 saturated carbocycles. The highest BCUT2D eigenvalue weighted by Crippen LogP contribution is 2.14. The molecule has 0 saturated heterocycles. The number of aliphatic hydroxyl groups is 1. The summed E-state index contributed by atoms with van der Waals surface area (Å²) in [5, 5.41) is 24.0. The van der Waals surface area contributed by atoms with Gasteiger partial charge in [0.25, 0.3) is 0 Å². The molecule has 7 heteroatoms. The normalized spacial score (nSPS) is 9.96. The van der Waals surface area contributed by atoms with E-state index in [4.69, 9.17) is 24.5 Å². The van der Waals surface area contributed by atoms with Crippen LogP contribution in [0.25, 0.3) is 0 Å². The first-order valence-electron chi connectivity index (χ1n) is 7.92. The molecule has 0 spiro atoms. The summed E-state index contributed by atoms with van der Waals surface area (Å²) in [6.07, 6.45) is 0. The highest BCUT2D eigenvalue weighted by atomic mass is 16.5. The van der Waals surface area contributed by atoms with E-state index in [0.29, 0.717) is 6.54 Å². The largest absolute Gasteiger partial charge is 0.497 e. The highest BCUT2D eigenvalue weighted by Gasteiger charge is 2.07. The van der Waals surface area contributed by atoms with Crippen molar-refractivity contribution in [3.05, 3.63) is 65.7 Å². The van der Waals surface area contributed by atoms with Crippen LogP contribution in [0, 0.1) is 0 Å². The van der Waals surface area contributed by atoms with Gasteiger partial charge < -0.3 is 20.1 Å². The predicted octanol–water partition coefficient (Wildman–Crippen LogP) is 1.85. The van der Waals surface area contributed by atoms with Crippen molar-refractivity contribution in [2.75, 3.05) is 20.3 Å². The van der Waals surface area contributed by atoms with Gasteiger partial charge in [-0.1, -0.05) is 42.5 Å². The summed E-state index contributed by atoms with van der Waals surface area (Å²) in [5.74, 6) is -2.78. The van der Waals surface area contributed by atoms with Crippen molar-refractivity contribution in [3.8, 4) is 5.75 Å². The number of carbonyl (C=O) groups is 2. The molecule has 0 amide bonds. The van der Waals surface area contributed by atoms with E-state index in [9.17, 15) is 5.11 Å². The summed E-state index contributed by atoms with van der Waals surface area (Å²) in [6.45, 7) is 2.50. The molecule has 2 aromatic rings. The summed E-state index contributed by atoms with van der Waals surface area (Å²) in [6, 6.07) is 18.4. The van der Waals surface area contributed by atoms with Gasteiger partial charge >= 0.3 is 11.9 Å². The lowest BCUT2D eigenvalue weighted by Crippen LogP contribution is -2.26. The molecule has 0 fully saturated rings. The van der Waals surface area contributed by atoms with Gasteiger partial charge in [-0.05, 0) is 23.3 Å². The molecular weight excluding hydrogens is 338 g/mol. The lowest BCUT2D eigenvalue weighted by atomic mass is 10.1. The molecular formula is C19H23NO6. The first-order valence-corrected chi connectivity index (χ1v) is 7.92. The lowest BCUT2D eigenvalue weighted by Gasteiger charge is -2.21. The fourth-order valence-corrected chi connectivity index (χ4v) is 2.19. The van der Waals surface area contributed by atoms with E-state index >= 15 is 0 Å². The third-order valence-electron chi connectivity index (χ3n) is 3.41. The zero-order chi connectivity index (χ0) is 19.4. The van der Waals surface area contributed by atoms with Crippen molar-refractivity contribution in [2.45, 2.75) is 13.1 Å². The number of carboxylic acid groups (broad SMARTS) is 2. The molecule has 0 aromatic heterocycles.